The SMILES string of the molecule is CCNC(=NCc1ccc(OC)c(OCC)c1)NCCC(C)C.I. The quantitative estimate of drug-likeness (QED) is 0.342. The Balaban J connectivity index is 0.00000529. The molecule has 0 atom stereocenters. The van der Waals surface area contributed by atoms with E-state index < -0.39 is 0 Å². The minimum absolute atomic E-state index is 0. The topological polar surface area (TPSA) is 54.9 Å². The van der Waals surface area contributed by atoms with Gasteiger partial charge < -0.3 is 20.1 Å². The largest absolute Gasteiger partial charge is 0.493 e. The minimum Gasteiger partial charge on any atom is -0.493 e. The second-order valence-electron chi connectivity index (χ2n) is 5.72. The zero-order valence-corrected chi connectivity index (χ0v) is 17.8. The highest BCUT2D eigenvalue weighted by Crippen LogP contribution is 2.28. The van der Waals surface area contributed by atoms with Gasteiger partial charge in [0.15, 0.2) is 17.5 Å². The molecule has 0 radical (unpaired) electrons. The first-order valence-corrected chi connectivity index (χ1v) is 8.42. The van der Waals surface area contributed by atoms with Crippen LogP contribution in [-0.2, 0) is 6.54 Å². The first kappa shape index (κ1) is 22.8. The Morgan fingerprint density at radius 1 is 1.17 bits per heavy atom. The number of hydrogen-bond donors (Lipinski definition) is 2. The van der Waals surface area contributed by atoms with Crippen molar-refractivity contribution >= 4 is 29.9 Å². The lowest BCUT2D eigenvalue weighted by atomic mass is 10.1. The third-order valence-corrected chi connectivity index (χ3v) is 3.31. The number of ether oxygens (including phenoxy) is 2. The molecule has 24 heavy (non-hydrogen) atoms. The fourth-order valence-electron chi connectivity index (χ4n) is 2.08. The summed E-state index contributed by atoms with van der Waals surface area (Å²) in [6.45, 7) is 11.5. The van der Waals surface area contributed by atoms with Crippen LogP contribution in [0.5, 0.6) is 11.5 Å². The number of guanidine groups is 1. The van der Waals surface area contributed by atoms with E-state index in [-0.39, 0.29) is 24.0 Å². The summed E-state index contributed by atoms with van der Waals surface area (Å²) in [5.41, 5.74) is 1.09. The molecule has 0 saturated heterocycles. The summed E-state index contributed by atoms with van der Waals surface area (Å²) in [4.78, 5) is 4.64. The summed E-state index contributed by atoms with van der Waals surface area (Å²) >= 11 is 0. The van der Waals surface area contributed by atoms with E-state index in [1.807, 2.05) is 25.1 Å². The third kappa shape index (κ3) is 8.61. The molecule has 0 aliphatic heterocycles. The first-order valence-electron chi connectivity index (χ1n) is 8.42. The van der Waals surface area contributed by atoms with Crippen molar-refractivity contribution in [2.75, 3.05) is 26.8 Å². The Kier molecular flexibility index (Phi) is 12.5. The van der Waals surface area contributed by atoms with Crippen molar-refractivity contribution in [1.29, 1.82) is 0 Å². The maximum Gasteiger partial charge on any atom is 0.191 e. The number of methoxy groups -OCH3 is 1. The minimum atomic E-state index is 0. The molecule has 1 aromatic rings. The molecule has 0 heterocycles. The molecule has 1 rings (SSSR count). The van der Waals surface area contributed by atoms with Crippen LogP contribution in [0, 0.1) is 5.92 Å². The van der Waals surface area contributed by atoms with Crippen LogP contribution < -0.4 is 20.1 Å². The van der Waals surface area contributed by atoms with Gasteiger partial charge in [-0.2, -0.15) is 0 Å². The van der Waals surface area contributed by atoms with Crippen LogP contribution in [0.3, 0.4) is 0 Å². The van der Waals surface area contributed by atoms with Gasteiger partial charge in [0.05, 0.1) is 20.3 Å². The van der Waals surface area contributed by atoms with Crippen molar-refractivity contribution in [3.63, 3.8) is 0 Å². The number of nitrogens with zero attached hydrogens (tertiary/aromatic N) is 1. The summed E-state index contributed by atoms with van der Waals surface area (Å²) in [5.74, 6) is 3.05. The molecule has 138 valence electrons. The van der Waals surface area contributed by atoms with E-state index >= 15 is 0 Å². The van der Waals surface area contributed by atoms with Crippen LogP contribution in [-0.4, -0.2) is 32.8 Å². The van der Waals surface area contributed by atoms with Gasteiger partial charge in [-0.05, 0) is 43.9 Å². The Morgan fingerprint density at radius 2 is 1.92 bits per heavy atom. The van der Waals surface area contributed by atoms with Gasteiger partial charge in [0, 0.05) is 13.1 Å². The van der Waals surface area contributed by atoms with Crippen LogP contribution in [0.25, 0.3) is 0 Å². The second kappa shape index (κ2) is 13.1. The van der Waals surface area contributed by atoms with E-state index in [0.717, 1.165) is 42.5 Å². The van der Waals surface area contributed by atoms with Gasteiger partial charge in [-0.25, -0.2) is 4.99 Å². The van der Waals surface area contributed by atoms with Gasteiger partial charge in [0.25, 0.3) is 0 Å². The van der Waals surface area contributed by atoms with Gasteiger partial charge in [0.1, 0.15) is 0 Å². The van der Waals surface area contributed by atoms with Gasteiger partial charge in [-0.3, -0.25) is 0 Å². The monoisotopic (exact) mass is 449 g/mol. The van der Waals surface area contributed by atoms with Gasteiger partial charge in [-0.1, -0.05) is 19.9 Å². The van der Waals surface area contributed by atoms with E-state index in [1.54, 1.807) is 7.11 Å². The highest BCUT2D eigenvalue weighted by molar-refractivity contribution is 14.0. The lowest BCUT2D eigenvalue weighted by Crippen LogP contribution is -2.38. The standard InChI is InChI=1S/C18H31N3O2.HI/c1-6-19-18(20-11-10-14(3)4)21-13-15-8-9-16(22-5)17(12-15)23-7-2;/h8-9,12,14H,6-7,10-11,13H2,1-5H3,(H2,19,20,21);1H. The van der Waals surface area contributed by atoms with E-state index in [9.17, 15) is 0 Å². The molecule has 0 aliphatic carbocycles. The molecule has 0 bridgehead atoms. The van der Waals surface area contributed by atoms with Crippen molar-refractivity contribution < 1.29 is 9.47 Å². The summed E-state index contributed by atoms with van der Waals surface area (Å²) < 4.78 is 10.9. The molecular formula is C18H32IN3O2. The lowest BCUT2D eigenvalue weighted by Gasteiger charge is -2.13. The number of benzene rings is 1. The third-order valence-electron chi connectivity index (χ3n) is 3.31. The van der Waals surface area contributed by atoms with Gasteiger partial charge in [0.2, 0.25) is 0 Å². The average Bonchev–Trinajstić information content (AvgIpc) is 2.53. The molecular weight excluding hydrogens is 417 g/mol. The molecule has 0 aromatic heterocycles. The highest BCUT2D eigenvalue weighted by Gasteiger charge is 2.05. The first-order chi connectivity index (χ1) is 11.1. The van der Waals surface area contributed by atoms with E-state index in [1.165, 1.54) is 0 Å². The predicted molar refractivity (Wildman–Crippen MR) is 112 cm³/mol. The van der Waals surface area contributed by atoms with Crippen LogP contribution in [0.15, 0.2) is 23.2 Å². The summed E-state index contributed by atoms with van der Waals surface area (Å²) in [6, 6.07) is 5.93. The molecule has 0 unspecified atom stereocenters. The second-order valence-corrected chi connectivity index (χ2v) is 5.72. The Morgan fingerprint density at radius 3 is 2.50 bits per heavy atom. The van der Waals surface area contributed by atoms with Crippen molar-refractivity contribution in [3.05, 3.63) is 23.8 Å². The normalized spacial score (nSPS) is 11.0. The highest BCUT2D eigenvalue weighted by atomic mass is 127. The average molecular weight is 449 g/mol. The molecule has 2 N–H and O–H groups in total. The fourth-order valence-corrected chi connectivity index (χ4v) is 2.08. The van der Waals surface area contributed by atoms with Crippen molar-refractivity contribution in [3.8, 4) is 11.5 Å². The molecule has 0 aliphatic rings. The van der Waals surface area contributed by atoms with Gasteiger partial charge in [-0.15, -0.1) is 24.0 Å². The van der Waals surface area contributed by atoms with E-state index in [2.05, 4.69) is 36.4 Å². The fraction of sp³-hybridized carbons (Fsp3) is 0.611. The molecule has 0 amide bonds. The molecule has 6 heteroatoms. The smallest absolute Gasteiger partial charge is 0.191 e. The Bertz CT molecular complexity index is 493. The molecule has 0 saturated carbocycles. The van der Waals surface area contributed by atoms with Gasteiger partial charge >= 0.3 is 0 Å². The van der Waals surface area contributed by atoms with Crippen LogP contribution in [0.4, 0.5) is 0 Å². The summed E-state index contributed by atoms with van der Waals surface area (Å²) in [5, 5.41) is 6.64. The molecule has 0 spiro atoms. The molecule has 1 aromatic carbocycles. The van der Waals surface area contributed by atoms with Crippen molar-refractivity contribution in [2.24, 2.45) is 10.9 Å². The van der Waals surface area contributed by atoms with E-state index in [4.69, 9.17) is 9.47 Å². The lowest BCUT2D eigenvalue weighted by molar-refractivity contribution is 0.310. The molecule has 0 fully saturated rings. The number of halogens is 1. The molecule has 5 nitrogen and oxygen atoms in total. The zero-order chi connectivity index (χ0) is 17.1. The number of hydrogen-bond acceptors (Lipinski definition) is 3. The summed E-state index contributed by atoms with van der Waals surface area (Å²) in [7, 11) is 1.65. The van der Waals surface area contributed by atoms with Crippen molar-refractivity contribution in [1.82, 2.24) is 10.6 Å². The Labute approximate surface area is 163 Å². The number of nitrogens with one attached hydrogen (secondary N) is 2. The Hall–Kier alpha value is -1.18. The van der Waals surface area contributed by atoms with Crippen molar-refractivity contribution in [2.45, 2.75) is 40.7 Å². The van der Waals surface area contributed by atoms with Crippen LogP contribution in [0.1, 0.15) is 39.7 Å². The van der Waals surface area contributed by atoms with Crippen LogP contribution >= 0.6 is 24.0 Å². The van der Waals surface area contributed by atoms with E-state index in [0.29, 0.717) is 19.1 Å². The van der Waals surface area contributed by atoms with Crippen LogP contribution in [0.2, 0.25) is 0 Å². The zero-order valence-electron chi connectivity index (χ0n) is 15.5. The predicted octanol–water partition coefficient (Wildman–Crippen LogP) is 3.81. The number of rotatable bonds is 9. The number of aliphatic imine (C=N–C) groups is 1. The maximum atomic E-state index is 5.61. The maximum absolute atomic E-state index is 5.61. The summed E-state index contributed by atoms with van der Waals surface area (Å²) in [6.07, 6.45) is 1.13.